The highest BCUT2D eigenvalue weighted by atomic mass is 16.5. The van der Waals surface area contributed by atoms with Crippen LogP contribution in [0.2, 0.25) is 0 Å². The van der Waals surface area contributed by atoms with Crippen LogP contribution in [0.15, 0.2) is 84.9 Å². The van der Waals surface area contributed by atoms with Gasteiger partial charge in [0.05, 0.1) is 31.5 Å². The van der Waals surface area contributed by atoms with E-state index in [9.17, 15) is 9.59 Å². The topological polar surface area (TPSA) is 76.5 Å². The monoisotopic (exact) mass is 510 g/mol. The first-order chi connectivity index (χ1) is 18.3. The number of amides is 2. The van der Waals surface area contributed by atoms with Crippen LogP contribution in [0, 0.1) is 12.8 Å². The average Bonchev–Trinajstić information content (AvgIpc) is 3.33. The van der Waals surface area contributed by atoms with E-state index in [4.69, 9.17) is 9.84 Å². The minimum atomic E-state index is -0.276. The first-order valence-electron chi connectivity index (χ1n) is 12.8. The van der Waals surface area contributed by atoms with Crippen molar-refractivity contribution in [2.45, 2.75) is 27.2 Å². The van der Waals surface area contributed by atoms with Crippen LogP contribution in [0.5, 0.6) is 5.75 Å². The fourth-order valence-corrected chi connectivity index (χ4v) is 4.18. The van der Waals surface area contributed by atoms with Crippen molar-refractivity contribution in [3.63, 3.8) is 0 Å². The highest BCUT2D eigenvalue weighted by Gasteiger charge is 2.21. The molecule has 0 spiro atoms. The normalized spacial score (nSPS) is 10.9. The Morgan fingerprint density at radius 1 is 0.974 bits per heavy atom. The van der Waals surface area contributed by atoms with Crippen LogP contribution in [0.1, 0.15) is 25.0 Å². The third-order valence-corrected chi connectivity index (χ3v) is 6.11. The molecule has 0 fully saturated rings. The lowest BCUT2D eigenvalue weighted by atomic mass is 10.1. The quantitative estimate of drug-likeness (QED) is 0.305. The number of hydrogen-bond donors (Lipinski definition) is 1. The molecule has 0 atom stereocenters. The molecular weight excluding hydrogens is 476 g/mol. The number of hydrogen-bond acceptors (Lipinski definition) is 4. The van der Waals surface area contributed by atoms with E-state index in [-0.39, 0.29) is 30.7 Å². The molecule has 0 saturated heterocycles. The number of carbonyl (C=O) groups is 2. The van der Waals surface area contributed by atoms with Crippen molar-refractivity contribution in [1.82, 2.24) is 14.7 Å². The number of rotatable bonds is 10. The van der Waals surface area contributed by atoms with Gasteiger partial charge >= 0.3 is 0 Å². The lowest BCUT2D eigenvalue weighted by Crippen LogP contribution is -2.41. The van der Waals surface area contributed by atoms with Crippen molar-refractivity contribution in [3.05, 3.63) is 96.1 Å². The Kier molecular flexibility index (Phi) is 8.58. The molecule has 0 radical (unpaired) electrons. The predicted octanol–water partition coefficient (Wildman–Crippen LogP) is 5.52. The zero-order valence-corrected chi connectivity index (χ0v) is 22.3. The number of nitrogens with one attached hydrogen (secondary N) is 1. The summed E-state index contributed by atoms with van der Waals surface area (Å²) in [7, 11) is 1.61. The van der Waals surface area contributed by atoms with Crippen LogP contribution < -0.4 is 10.1 Å². The molecule has 1 N–H and O–H groups in total. The molecule has 38 heavy (non-hydrogen) atoms. The van der Waals surface area contributed by atoms with E-state index >= 15 is 0 Å². The fourth-order valence-electron chi connectivity index (χ4n) is 4.18. The number of aryl methyl sites for hydroxylation is 1. The van der Waals surface area contributed by atoms with Crippen LogP contribution in [0.3, 0.4) is 0 Å². The van der Waals surface area contributed by atoms with Crippen molar-refractivity contribution in [2.24, 2.45) is 5.92 Å². The molecule has 2 amide bonds. The van der Waals surface area contributed by atoms with Crippen LogP contribution >= 0.6 is 0 Å². The van der Waals surface area contributed by atoms with Crippen LogP contribution in [-0.2, 0) is 16.0 Å². The first-order valence-corrected chi connectivity index (χ1v) is 12.8. The summed E-state index contributed by atoms with van der Waals surface area (Å²) in [6, 6.07) is 27.0. The molecule has 4 aromatic rings. The summed E-state index contributed by atoms with van der Waals surface area (Å²) in [5.74, 6) is 1.12. The minimum absolute atomic E-state index is 0.0487. The predicted molar refractivity (Wildman–Crippen MR) is 150 cm³/mol. The lowest BCUT2D eigenvalue weighted by Gasteiger charge is -2.24. The highest BCUT2D eigenvalue weighted by molar-refractivity contribution is 5.95. The molecular formula is C31H34N4O3. The molecule has 0 unspecified atom stereocenters. The number of benzene rings is 3. The van der Waals surface area contributed by atoms with Gasteiger partial charge in [-0.15, -0.1) is 0 Å². The first kappa shape index (κ1) is 26.7. The largest absolute Gasteiger partial charge is 0.497 e. The van der Waals surface area contributed by atoms with Gasteiger partial charge in [-0.1, -0.05) is 74.0 Å². The van der Waals surface area contributed by atoms with Crippen LogP contribution in [-0.4, -0.2) is 46.7 Å². The van der Waals surface area contributed by atoms with Gasteiger partial charge in [-0.05, 0) is 42.7 Å². The van der Waals surface area contributed by atoms with E-state index in [1.54, 1.807) is 16.7 Å². The van der Waals surface area contributed by atoms with Crippen molar-refractivity contribution in [3.8, 4) is 22.7 Å². The molecule has 0 aliphatic rings. The Morgan fingerprint density at radius 3 is 2.29 bits per heavy atom. The van der Waals surface area contributed by atoms with Gasteiger partial charge < -0.3 is 15.0 Å². The molecule has 1 heterocycles. The molecule has 0 aliphatic carbocycles. The van der Waals surface area contributed by atoms with E-state index in [1.165, 1.54) is 0 Å². The minimum Gasteiger partial charge on any atom is -0.497 e. The second-order valence-corrected chi connectivity index (χ2v) is 9.77. The maximum absolute atomic E-state index is 13.3. The zero-order valence-electron chi connectivity index (χ0n) is 22.3. The third kappa shape index (κ3) is 6.88. The SMILES string of the molecule is COc1ccc(CC(=O)N(CC(=O)Nc2cc(-c3ccccc3)nn2-c2ccc(C)cc2)CC(C)C)cc1. The van der Waals surface area contributed by atoms with E-state index in [0.29, 0.717) is 12.4 Å². The molecule has 0 saturated carbocycles. The molecule has 7 nitrogen and oxygen atoms in total. The van der Waals surface area contributed by atoms with Gasteiger partial charge in [0.15, 0.2) is 0 Å². The van der Waals surface area contributed by atoms with Gasteiger partial charge in [-0.2, -0.15) is 5.10 Å². The highest BCUT2D eigenvalue weighted by Crippen LogP contribution is 2.25. The van der Waals surface area contributed by atoms with Crippen molar-refractivity contribution in [2.75, 3.05) is 25.5 Å². The number of ether oxygens (including phenoxy) is 1. The summed E-state index contributed by atoms with van der Waals surface area (Å²) in [5, 5.41) is 7.78. The van der Waals surface area contributed by atoms with Gasteiger partial charge in [-0.25, -0.2) is 4.68 Å². The standard InChI is InChI=1S/C31H34N4O3/c1-22(2)20-34(31(37)18-24-12-16-27(38-4)17-13-24)21-30(36)32-29-19-28(25-8-6-5-7-9-25)33-35(29)26-14-10-23(3)11-15-26/h5-17,19,22H,18,20-21H2,1-4H3,(H,32,36). The molecule has 4 rings (SSSR count). The number of aromatic nitrogens is 2. The second kappa shape index (κ2) is 12.2. The number of nitrogens with zero attached hydrogens (tertiary/aromatic N) is 3. The van der Waals surface area contributed by atoms with Gasteiger partial charge in [0, 0.05) is 18.2 Å². The summed E-state index contributed by atoms with van der Waals surface area (Å²) in [4.78, 5) is 28.1. The Bertz CT molecular complexity index is 1360. The van der Waals surface area contributed by atoms with E-state index in [1.807, 2.05) is 106 Å². The number of methoxy groups -OCH3 is 1. The maximum Gasteiger partial charge on any atom is 0.245 e. The molecule has 1 aromatic heterocycles. The summed E-state index contributed by atoms with van der Waals surface area (Å²) in [6.45, 7) is 6.52. The van der Waals surface area contributed by atoms with Crippen molar-refractivity contribution < 1.29 is 14.3 Å². The average molecular weight is 511 g/mol. The molecule has 0 aliphatic heterocycles. The Labute approximate surface area is 224 Å². The smallest absolute Gasteiger partial charge is 0.245 e. The van der Waals surface area contributed by atoms with Gasteiger partial charge in [0.2, 0.25) is 11.8 Å². The van der Waals surface area contributed by atoms with Gasteiger partial charge in [0.25, 0.3) is 0 Å². The number of carbonyl (C=O) groups excluding carboxylic acids is 2. The van der Waals surface area contributed by atoms with E-state index in [0.717, 1.165) is 33.8 Å². The summed E-state index contributed by atoms with van der Waals surface area (Å²) < 4.78 is 6.93. The summed E-state index contributed by atoms with van der Waals surface area (Å²) in [5.41, 5.74) is 4.54. The van der Waals surface area contributed by atoms with E-state index < -0.39 is 0 Å². The molecule has 0 bridgehead atoms. The Hall–Kier alpha value is -4.39. The maximum atomic E-state index is 13.3. The lowest BCUT2D eigenvalue weighted by molar-refractivity contribution is -0.134. The van der Waals surface area contributed by atoms with Crippen molar-refractivity contribution in [1.29, 1.82) is 0 Å². The van der Waals surface area contributed by atoms with E-state index in [2.05, 4.69) is 5.32 Å². The summed E-state index contributed by atoms with van der Waals surface area (Å²) in [6.07, 6.45) is 0.212. The van der Waals surface area contributed by atoms with Gasteiger partial charge in [-0.3, -0.25) is 9.59 Å². The van der Waals surface area contributed by atoms with Crippen molar-refractivity contribution >= 4 is 17.6 Å². The zero-order chi connectivity index (χ0) is 27.1. The van der Waals surface area contributed by atoms with Gasteiger partial charge in [0.1, 0.15) is 11.6 Å². The Balaban J connectivity index is 1.54. The van der Waals surface area contributed by atoms with Crippen LogP contribution in [0.4, 0.5) is 5.82 Å². The summed E-state index contributed by atoms with van der Waals surface area (Å²) >= 11 is 0. The third-order valence-electron chi connectivity index (χ3n) is 6.11. The van der Waals surface area contributed by atoms with Crippen LogP contribution in [0.25, 0.3) is 16.9 Å². The second-order valence-electron chi connectivity index (χ2n) is 9.77. The molecule has 7 heteroatoms. The molecule has 196 valence electrons. The number of anilines is 1. The fraction of sp³-hybridized carbons (Fsp3) is 0.258. The Morgan fingerprint density at radius 2 is 1.66 bits per heavy atom. The molecule has 3 aromatic carbocycles.